The van der Waals surface area contributed by atoms with E-state index in [0.717, 1.165) is 47.3 Å². The third-order valence-corrected chi connectivity index (χ3v) is 5.07. The predicted molar refractivity (Wildman–Crippen MR) is 103 cm³/mol. The summed E-state index contributed by atoms with van der Waals surface area (Å²) in [5.74, 6) is 0.856. The highest BCUT2D eigenvalue weighted by atomic mass is 16.5. The monoisotopic (exact) mass is 349 g/mol. The molecule has 2 heterocycles. The smallest absolute Gasteiger partial charge is 0.336 e. The van der Waals surface area contributed by atoms with Gasteiger partial charge in [-0.25, -0.2) is 4.79 Å². The molecule has 1 aliphatic heterocycles. The predicted octanol–water partition coefficient (Wildman–Crippen LogP) is 4.32. The number of benzene rings is 2. The van der Waals surface area contributed by atoms with E-state index in [1.54, 1.807) is 6.07 Å². The van der Waals surface area contributed by atoms with Gasteiger partial charge in [-0.05, 0) is 37.5 Å². The highest BCUT2D eigenvalue weighted by molar-refractivity contribution is 5.86. The summed E-state index contributed by atoms with van der Waals surface area (Å²) in [4.78, 5) is 14.1. The molecule has 1 aromatic heterocycles. The molecule has 134 valence electrons. The normalized spacial score (nSPS) is 14.3. The van der Waals surface area contributed by atoms with Gasteiger partial charge in [-0.2, -0.15) is 0 Å². The van der Waals surface area contributed by atoms with Crippen molar-refractivity contribution in [3.8, 4) is 5.75 Å². The summed E-state index contributed by atoms with van der Waals surface area (Å²) < 4.78 is 11.5. The molecule has 3 aromatic rings. The van der Waals surface area contributed by atoms with Gasteiger partial charge in [0.05, 0.1) is 0 Å². The molecular formula is C22H23NO3. The molecule has 26 heavy (non-hydrogen) atoms. The van der Waals surface area contributed by atoms with Gasteiger partial charge >= 0.3 is 5.63 Å². The SMILES string of the molecule is CCc1cc(=O)oc2c(C)c3c(cc12)CN(Cc1ccc(C)cc1)CO3. The van der Waals surface area contributed by atoms with Crippen LogP contribution in [0.25, 0.3) is 11.0 Å². The van der Waals surface area contributed by atoms with E-state index in [-0.39, 0.29) is 5.63 Å². The fourth-order valence-corrected chi connectivity index (χ4v) is 3.68. The van der Waals surface area contributed by atoms with Crippen molar-refractivity contribution in [3.63, 3.8) is 0 Å². The van der Waals surface area contributed by atoms with Crippen LogP contribution in [0.2, 0.25) is 0 Å². The van der Waals surface area contributed by atoms with Crippen LogP contribution in [0.3, 0.4) is 0 Å². The summed E-state index contributed by atoms with van der Waals surface area (Å²) in [6, 6.07) is 12.3. The van der Waals surface area contributed by atoms with Crippen molar-refractivity contribution >= 4 is 11.0 Å². The lowest BCUT2D eigenvalue weighted by Gasteiger charge is -2.30. The van der Waals surface area contributed by atoms with Crippen LogP contribution in [0, 0.1) is 13.8 Å². The molecule has 0 saturated carbocycles. The van der Waals surface area contributed by atoms with Gasteiger partial charge in [0, 0.05) is 35.7 Å². The van der Waals surface area contributed by atoms with Crippen molar-refractivity contribution in [2.75, 3.05) is 6.73 Å². The number of rotatable bonds is 3. The van der Waals surface area contributed by atoms with Crippen LogP contribution in [0.5, 0.6) is 5.75 Å². The third-order valence-electron chi connectivity index (χ3n) is 5.07. The molecule has 0 atom stereocenters. The van der Waals surface area contributed by atoms with Crippen LogP contribution >= 0.6 is 0 Å². The second kappa shape index (κ2) is 6.61. The standard InChI is InChI=1S/C22H23NO3/c1-4-17-10-20(24)26-22-15(3)21-18(9-19(17)22)12-23(13-25-21)11-16-7-5-14(2)6-8-16/h5-10H,4,11-13H2,1-3H3. The Balaban J connectivity index is 1.70. The van der Waals surface area contributed by atoms with Gasteiger partial charge in [-0.15, -0.1) is 0 Å². The quantitative estimate of drug-likeness (QED) is 0.660. The van der Waals surface area contributed by atoms with Crippen molar-refractivity contribution in [1.82, 2.24) is 4.90 Å². The van der Waals surface area contributed by atoms with Crippen LogP contribution in [0.4, 0.5) is 0 Å². The molecule has 2 aromatic carbocycles. The minimum Gasteiger partial charge on any atom is -0.477 e. The largest absolute Gasteiger partial charge is 0.477 e. The van der Waals surface area contributed by atoms with E-state index in [1.165, 1.54) is 11.1 Å². The number of nitrogens with zero attached hydrogens (tertiary/aromatic N) is 1. The number of ether oxygens (including phenoxy) is 1. The maximum Gasteiger partial charge on any atom is 0.336 e. The Kier molecular flexibility index (Phi) is 4.29. The molecule has 1 aliphatic rings. The average Bonchev–Trinajstić information content (AvgIpc) is 2.64. The Morgan fingerprint density at radius 1 is 1.12 bits per heavy atom. The van der Waals surface area contributed by atoms with E-state index in [1.807, 2.05) is 6.92 Å². The van der Waals surface area contributed by atoms with Gasteiger partial charge in [-0.1, -0.05) is 36.8 Å². The fourth-order valence-electron chi connectivity index (χ4n) is 3.68. The minimum atomic E-state index is -0.297. The van der Waals surface area contributed by atoms with Gasteiger partial charge in [0.15, 0.2) is 0 Å². The van der Waals surface area contributed by atoms with Crippen LogP contribution in [-0.2, 0) is 19.5 Å². The fraction of sp³-hybridized carbons (Fsp3) is 0.318. The maximum atomic E-state index is 11.8. The van der Waals surface area contributed by atoms with E-state index in [2.05, 4.69) is 49.1 Å². The lowest BCUT2D eigenvalue weighted by atomic mass is 9.99. The van der Waals surface area contributed by atoms with Gasteiger partial charge in [0.25, 0.3) is 0 Å². The molecule has 0 bridgehead atoms. The molecule has 0 radical (unpaired) electrons. The summed E-state index contributed by atoms with van der Waals surface area (Å²) in [7, 11) is 0. The molecule has 0 N–H and O–H groups in total. The Labute approximate surface area is 153 Å². The van der Waals surface area contributed by atoms with E-state index in [9.17, 15) is 4.79 Å². The Morgan fingerprint density at radius 3 is 2.62 bits per heavy atom. The number of aryl methyl sites for hydroxylation is 3. The second-order valence-corrected chi connectivity index (χ2v) is 7.06. The molecule has 0 amide bonds. The van der Waals surface area contributed by atoms with Crippen molar-refractivity contribution in [2.24, 2.45) is 0 Å². The molecule has 4 nitrogen and oxygen atoms in total. The van der Waals surface area contributed by atoms with E-state index in [0.29, 0.717) is 12.3 Å². The Morgan fingerprint density at radius 2 is 1.88 bits per heavy atom. The maximum absolute atomic E-state index is 11.8. The highest BCUT2D eigenvalue weighted by Crippen LogP contribution is 2.36. The summed E-state index contributed by atoms with van der Waals surface area (Å²) in [5, 5.41) is 1.02. The lowest BCUT2D eigenvalue weighted by Crippen LogP contribution is -2.32. The van der Waals surface area contributed by atoms with Crippen LogP contribution in [-0.4, -0.2) is 11.6 Å². The summed E-state index contributed by atoms with van der Waals surface area (Å²) in [6.45, 7) is 8.33. The molecule has 0 spiro atoms. The molecule has 0 fully saturated rings. The van der Waals surface area contributed by atoms with E-state index in [4.69, 9.17) is 9.15 Å². The first-order chi connectivity index (χ1) is 12.5. The van der Waals surface area contributed by atoms with Gasteiger partial charge in [0.2, 0.25) is 0 Å². The molecule has 4 heteroatoms. The van der Waals surface area contributed by atoms with Crippen molar-refractivity contribution in [2.45, 2.75) is 40.3 Å². The summed E-state index contributed by atoms with van der Waals surface area (Å²) in [5.41, 5.74) is 5.99. The van der Waals surface area contributed by atoms with Crippen molar-refractivity contribution < 1.29 is 9.15 Å². The van der Waals surface area contributed by atoms with Crippen molar-refractivity contribution in [1.29, 1.82) is 0 Å². The van der Waals surface area contributed by atoms with Gasteiger partial charge in [0.1, 0.15) is 18.1 Å². The Hall–Kier alpha value is -2.59. The van der Waals surface area contributed by atoms with E-state index >= 15 is 0 Å². The van der Waals surface area contributed by atoms with Gasteiger partial charge in [-0.3, -0.25) is 4.90 Å². The first-order valence-electron chi connectivity index (χ1n) is 9.05. The molecule has 0 aliphatic carbocycles. The topological polar surface area (TPSA) is 42.7 Å². The van der Waals surface area contributed by atoms with E-state index < -0.39 is 0 Å². The zero-order valence-corrected chi connectivity index (χ0v) is 15.5. The number of hydrogen-bond acceptors (Lipinski definition) is 4. The molecule has 0 saturated heterocycles. The summed E-state index contributed by atoms with van der Waals surface area (Å²) in [6.07, 6.45) is 0.800. The average molecular weight is 349 g/mol. The van der Waals surface area contributed by atoms with Gasteiger partial charge < -0.3 is 9.15 Å². The third kappa shape index (κ3) is 3.01. The van der Waals surface area contributed by atoms with Crippen molar-refractivity contribution in [3.05, 3.63) is 74.6 Å². The molecule has 0 unspecified atom stereocenters. The number of hydrogen-bond donors (Lipinski definition) is 0. The van der Waals surface area contributed by atoms with Crippen LogP contribution < -0.4 is 10.4 Å². The van der Waals surface area contributed by atoms with Crippen LogP contribution in [0.15, 0.2) is 45.6 Å². The zero-order chi connectivity index (χ0) is 18.3. The number of fused-ring (bicyclic) bond motifs is 2. The lowest BCUT2D eigenvalue weighted by molar-refractivity contribution is 0.0881. The Bertz CT molecular complexity index is 1020. The molecule has 4 rings (SSSR count). The second-order valence-electron chi connectivity index (χ2n) is 7.06. The first kappa shape index (κ1) is 16.9. The van der Waals surface area contributed by atoms with Crippen LogP contribution in [0.1, 0.15) is 34.7 Å². The summed E-state index contributed by atoms with van der Waals surface area (Å²) >= 11 is 0. The first-order valence-corrected chi connectivity index (χ1v) is 9.05. The minimum absolute atomic E-state index is 0.297. The highest BCUT2D eigenvalue weighted by Gasteiger charge is 2.23. The molecular weight excluding hydrogens is 326 g/mol. The zero-order valence-electron chi connectivity index (χ0n) is 15.5.